The molecule has 0 spiro atoms. The summed E-state index contributed by atoms with van der Waals surface area (Å²) in [4.78, 5) is 27.9. The van der Waals surface area contributed by atoms with Crippen LogP contribution in [0.15, 0.2) is 42.6 Å². The molecule has 1 aromatic heterocycles. The van der Waals surface area contributed by atoms with Gasteiger partial charge < -0.3 is 30.0 Å². The van der Waals surface area contributed by atoms with Crippen LogP contribution < -0.4 is 30.0 Å². The number of hydrogen-bond donors (Lipinski definition) is 2. The van der Waals surface area contributed by atoms with Crippen molar-refractivity contribution in [3.63, 3.8) is 0 Å². The lowest BCUT2D eigenvalue weighted by Gasteiger charge is -2.18. The topological polar surface area (TPSA) is 122 Å². The average molecular weight is 567 g/mol. The zero-order valence-corrected chi connectivity index (χ0v) is 19.0. The Labute approximate surface area is 212 Å². The highest BCUT2D eigenvalue weighted by Crippen LogP contribution is 2.42. The monoisotopic (exact) mass is 567 g/mol. The number of nitrogens with two attached hydrogens (primary N) is 1. The van der Waals surface area contributed by atoms with Crippen molar-refractivity contribution >= 4 is 17.5 Å². The van der Waals surface area contributed by atoms with Gasteiger partial charge in [-0.15, -0.1) is 26.3 Å². The smallest absolute Gasteiger partial charge is 0.490 e. The summed E-state index contributed by atoms with van der Waals surface area (Å²) < 4.78 is 123. The molecule has 0 bridgehead atoms. The molecule has 0 saturated carbocycles. The summed E-state index contributed by atoms with van der Waals surface area (Å²) in [5.74, 6) is -11.4. The van der Waals surface area contributed by atoms with Crippen LogP contribution in [0, 0.1) is 11.6 Å². The first-order valence-corrected chi connectivity index (χ1v) is 10.0. The number of nitrogens with one attached hydrogen (secondary N) is 1. The number of aromatic nitrogens is 1. The molecule has 0 saturated heterocycles. The Morgan fingerprint density at radius 2 is 1.38 bits per heavy atom. The first-order valence-electron chi connectivity index (χ1n) is 10.0. The van der Waals surface area contributed by atoms with Crippen LogP contribution in [0.5, 0.6) is 28.7 Å². The van der Waals surface area contributed by atoms with Gasteiger partial charge in [0.2, 0.25) is 11.6 Å². The average Bonchev–Trinajstić information content (AvgIpc) is 2.81. The molecule has 208 valence electrons. The fourth-order valence-electron chi connectivity index (χ4n) is 2.99. The molecule has 0 fully saturated rings. The molecule has 9 nitrogen and oxygen atoms in total. The van der Waals surface area contributed by atoms with Crippen molar-refractivity contribution in [1.82, 2.24) is 4.98 Å². The van der Waals surface area contributed by atoms with E-state index in [2.05, 4.69) is 24.5 Å². The van der Waals surface area contributed by atoms with Crippen molar-refractivity contribution in [3.05, 3.63) is 65.5 Å². The molecule has 0 aliphatic rings. The molecule has 0 radical (unpaired) electrons. The van der Waals surface area contributed by atoms with Crippen LogP contribution in [0.1, 0.15) is 20.8 Å². The Hall–Kier alpha value is -4.83. The maximum atomic E-state index is 15.1. The van der Waals surface area contributed by atoms with E-state index < -0.39 is 70.5 Å². The van der Waals surface area contributed by atoms with Crippen LogP contribution in [0.3, 0.4) is 0 Å². The summed E-state index contributed by atoms with van der Waals surface area (Å²) in [6.45, 7) is 0. The van der Waals surface area contributed by atoms with Gasteiger partial charge in [0.15, 0.2) is 23.1 Å². The maximum Gasteiger partial charge on any atom is 0.573 e. The van der Waals surface area contributed by atoms with Crippen molar-refractivity contribution in [2.75, 3.05) is 12.4 Å². The minimum Gasteiger partial charge on any atom is -0.490 e. The van der Waals surface area contributed by atoms with E-state index in [1.807, 2.05) is 0 Å². The summed E-state index contributed by atoms with van der Waals surface area (Å²) >= 11 is 0. The van der Waals surface area contributed by atoms with Crippen molar-refractivity contribution in [3.8, 4) is 28.7 Å². The van der Waals surface area contributed by atoms with Crippen LogP contribution in [-0.4, -0.2) is 36.6 Å². The number of nitrogens with zero attached hydrogens (tertiary/aromatic N) is 1. The lowest BCUT2D eigenvalue weighted by atomic mass is 10.1. The Balaban J connectivity index is 2.08. The molecule has 3 N–H and O–H groups in total. The second-order valence-electron chi connectivity index (χ2n) is 7.11. The minimum absolute atomic E-state index is 0.200. The fraction of sp³-hybridized carbons (Fsp3) is 0.136. The van der Waals surface area contributed by atoms with Gasteiger partial charge >= 0.3 is 12.7 Å². The van der Waals surface area contributed by atoms with Gasteiger partial charge in [0.25, 0.3) is 11.8 Å². The Morgan fingerprint density at radius 1 is 0.846 bits per heavy atom. The van der Waals surface area contributed by atoms with E-state index in [4.69, 9.17) is 10.5 Å². The number of carbonyl (C=O) groups excluding carboxylic acids is 2. The summed E-state index contributed by atoms with van der Waals surface area (Å²) in [5.41, 5.74) is 3.34. The molecule has 1 heterocycles. The third-order valence-electron chi connectivity index (χ3n) is 4.47. The van der Waals surface area contributed by atoms with Crippen molar-refractivity contribution in [2.45, 2.75) is 12.7 Å². The Morgan fingerprint density at radius 3 is 1.92 bits per heavy atom. The summed E-state index contributed by atoms with van der Waals surface area (Å²) in [6, 6.07) is 4.32. The maximum absolute atomic E-state index is 15.1. The van der Waals surface area contributed by atoms with Crippen molar-refractivity contribution in [2.24, 2.45) is 5.73 Å². The van der Waals surface area contributed by atoms with E-state index in [1.165, 1.54) is 0 Å². The molecule has 39 heavy (non-hydrogen) atoms. The van der Waals surface area contributed by atoms with Gasteiger partial charge in [-0.25, -0.2) is 4.39 Å². The predicted molar refractivity (Wildman–Crippen MR) is 114 cm³/mol. The molecule has 0 aliphatic heterocycles. The van der Waals surface area contributed by atoms with Crippen molar-refractivity contribution < 1.29 is 63.7 Å². The second kappa shape index (κ2) is 10.9. The zero-order chi connectivity index (χ0) is 29.1. The van der Waals surface area contributed by atoms with Gasteiger partial charge in [-0.1, -0.05) is 0 Å². The van der Waals surface area contributed by atoms with Gasteiger partial charge in [-0.2, -0.15) is 4.39 Å². The molecule has 0 unspecified atom stereocenters. The number of anilines is 1. The van der Waals surface area contributed by atoms with Crippen LogP contribution in [0.4, 0.5) is 40.8 Å². The van der Waals surface area contributed by atoms with Gasteiger partial charge in [-0.3, -0.25) is 14.6 Å². The molecule has 2 amide bonds. The molecule has 3 aromatic rings. The zero-order valence-electron chi connectivity index (χ0n) is 19.0. The van der Waals surface area contributed by atoms with Gasteiger partial charge in [0.1, 0.15) is 17.0 Å². The quantitative estimate of drug-likeness (QED) is 0.354. The number of pyridine rings is 1. The number of carbonyl (C=O) groups is 2. The van der Waals surface area contributed by atoms with Crippen LogP contribution in [0.25, 0.3) is 0 Å². The molecule has 17 heteroatoms. The van der Waals surface area contributed by atoms with Crippen LogP contribution >= 0.6 is 0 Å². The number of halogens is 8. The van der Waals surface area contributed by atoms with Gasteiger partial charge in [0.05, 0.1) is 7.11 Å². The first-order chi connectivity index (χ1) is 18.1. The number of ether oxygens (including phenoxy) is 4. The lowest BCUT2D eigenvalue weighted by Crippen LogP contribution is -2.21. The minimum atomic E-state index is -5.38. The predicted octanol–water partition coefficient (Wildman–Crippen LogP) is 5.31. The highest BCUT2D eigenvalue weighted by Gasteiger charge is 2.36. The third kappa shape index (κ3) is 7.14. The van der Waals surface area contributed by atoms with Crippen LogP contribution in [0.2, 0.25) is 0 Å². The molecular formula is C22H13F8N3O6. The normalized spacial score (nSPS) is 11.5. The number of primary amides is 1. The fourth-order valence-corrected chi connectivity index (χ4v) is 2.99. The van der Waals surface area contributed by atoms with E-state index in [0.29, 0.717) is 24.3 Å². The summed E-state index contributed by atoms with van der Waals surface area (Å²) in [7, 11) is 0.830. The molecular weight excluding hydrogens is 554 g/mol. The van der Waals surface area contributed by atoms with E-state index >= 15 is 4.39 Å². The molecule has 0 aliphatic carbocycles. The number of amides is 2. The highest BCUT2D eigenvalue weighted by molar-refractivity contribution is 6.07. The Kier molecular flexibility index (Phi) is 8.02. The second-order valence-corrected chi connectivity index (χ2v) is 7.11. The van der Waals surface area contributed by atoms with E-state index in [-0.39, 0.29) is 11.4 Å². The summed E-state index contributed by atoms with van der Waals surface area (Å²) in [6.07, 6.45) is -9.62. The highest BCUT2D eigenvalue weighted by atomic mass is 19.4. The Bertz CT molecular complexity index is 1410. The van der Waals surface area contributed by atoms with Crippen molar-refractivity contribution in [1.29, 1.82) is 0 Å². The molecule has 3 rings (SSSR count). The van der Waals surface area contributed by atoms with Gasteiger partial charge in [-0.05, 0) is 36.4 Å². The number of hydrogen-bond acceptors (Lipinski definition) is 7. The molecule has 2 aromatic carbocycles. The van der Waals surface area contributed by atoms with E-state index in [0.717, 1.165) is 25.4 Å². The number of methoxy groups -OCH3 is 1. The number of alkyl halides is 6. The summed E-state index contributed by atoms with van der Waals surface area (Å²) in [5, 5.41) is 2.09. The number of benzene rings is 2. The SMILES string of the molecule is COc1c(Oc2ccc(OC(F)(F)F)c(F)c2C(=O)Nc2ccnc(C(N)=O)c2)ccc(OC(F)(F)F)c1F. The van der Waals surface area contributed by atoms with E-state index in [1.54, 1.807) is 0 Å². The molecule has 0 atom stereocenters. The first kappa shape index (κ1) is 28.7. The van der Waals surface area contributed by atoms with E-state index in [9.17, 15) is 40.3 Å². The number of rotatable bonds is 8. The standard InChI is InChI=1S/C22H13F8N3O6/c1-36-18-14(5-4-13(17(18)24)39-22(28,29)30)37-11-2-3-12(38-21(25,26)27)16(23)15(11)20(35)33-9-6-7-32-10(8-9)19(31)34/h2-8H,1H3,(H2,31,34)(H,32,33,35). The lowest BCUT2D eigenvalue weighted by molar-refractivity contribution is -0.276. The third-order valence-corrected chi connectivity index (χ3v) is 4.47. The largest absolute Gasteiger partial charge is 0.573 e. The van der Waals surface area contributed by atoms with Crippen LogP contribution in [-0.2, 0) is 0 Å². The van der Waals surface area contributed by atoms with Gasteiger partial charge in [0, 0.05) is 11.9 Å².